The molecule has 1 unspecified atom stereocenters. The molecule has 3 rings (SSSR count). The maximum Gasteiger partial charge on any atom is 0.146 e. The fourth-order valence-corrected chi connectivity index (χ4v) is 3.00. The fraction of sp³-hybridized carbons (Fsp3) is 0.294. The van der Waals surface area contributed by atoms with Crippen LogP contribution < -0.4 is 5.32 Å². The van der Waals surface area contributed by atoms with Crippen LogP contribution in [-0.4, -0.2) is 0 Å². The quantitative estimate of drug-likeness (QED) is 0.829. The molecule has 0 spiro atoms. The molecule has 2 aromatic carbocycles. The maximum absolute atomic E-state index is 13.8. The van der Waals surface area contributed by atoms with Crippen LogP contribution in [-0.2, 0) is 6.42 Å². The monoisotopic (exact) mass is 255 g/mol. The highest BCUT2D eigenvalue weighted by Crippen LogP contribution is 2.46. The normalized spacial score (nSPS) is 20.1. The van der Waals surface area contributed by atoms with Gasteiger partial charge in [0.15, 0.2) is 0 Å². The lowest BCUT2D eigenvalue weighted by atomic mass is 9.85. The van der Waals surface area contributed by atoms with Gasteiger partial charge in [0.2, 0.25) is 0 Å². The zero-order chi connectivity index (χ0) is 13.5. The van der Waals surface area contributed by atoms with Gasteiger partial charge < -0.3 is 5.32 Å². The second-order valence-corrected chi connectivity index (χ2v) is 5.92. The van der Waals surface area contributed by atoms with E-state index in [0.717, 1.165) is 6.42 Å². The average Bonchev–Trinajstić information content (AvgIpc) is 2.63. The standard InChI is InChI=1S/C17H18FN/c1-17(2)11-12-7-3-4-8-13(12)16(17)19-15-10-6-5-9-14(15)18/h3-10,16,19H,11H2,1-2H3. The number of hydrogen-bond acceptors (Lipinski definition) is 1. The van der Waals surface area contributed by atoms with E-state index in [-0.39, 0.29) is 17.3 Å². The highest BCUT2D eigenvalue weighted by Gasteiger charge is 2.38. The minimum absolute atomic E-state index is 0.0893. The van der Waals surface area contributed by atoms with Gasteiger partial charge in [-0.15, -0.1) is 0 Å². The molecule has 98 valence electrons. The Bertz CT molecular complexity index is 604. The third-order valence-electron chi connectivity index (χ3n) is 3.97. The zero-order valence-electron chi connectivity index (χ0n) is 11.3. The van der Waals surface area contributed by atoms with Gasteiger partial charge in [-0.05, 0) is 35.1 Å². The summed E-state index contributed by atoms with van der Waals surface area (Å²) >= 11 is 0. The first-order valence-corrected chi connectivity index (χ1v) is 6.67. The molecule has 1 N–H and O–H groups in total. The lowest BCUT2D eigenvalue weighted by molar-refractivity contribution is 0.336. The summed E-state index contributed by atoms with van der Waals surface area (Å²) in [6, 6.07) is 15.5. The van der Waals surface area contributed by atoms with Crippen molar-refractivity contribution < 1.29 is 4.39 Å². The lowest BCUT2D eigenvalue weighted by Crippen LogP contribution is -2.24. The Hall–Kier alpha value is -1.83. The van der Waals surface area contributed by atoms with E-state index < -0.39 is 0 Å². The molecule has 1 atom stereocenters. The molecule has 2 heteroatoms. The summed E-state index contributed by atoms with van der Waals surface area (Å²) in [5.41, 5.74) is 3.32. The molecule has 0 aliphatic heterocycles. The molecule has 2 aromatic rings. The van der Waals surface area contributed by atoms with Crippen molar-refractivity contribution in [1.82, 2.24) is 0 Å². The van der Waals surface area contributed by atoms with Gasteiger partial charge in [-0.1, -0.05) is 50.2 Å². The summed E-state index contributed by atoms with van der Waals surface area (Å²) in [5, 5.41) is 3.38. The Labute approximate surface area is 113 Å². The minimum atomic E-state index is -0.192. The summed E-state index contributed by atoms with van der Waals surface area (Å²) in [5.74, 6) is -0.192. The number of nitrogens with one attached hydrogen (secondary N) is 1. The number of hydrogen-bond donors (Lipinski definition) is 1. The maximum atomic E-state index is 13.8. The van der Waals surface area contributed by atoms with Crippen molar-refractivity contribution in [2.45, 2.75) is 26.3 Å². The molecular weight excluding hydrogens is 237 g/mol. The predicted molar refractivity (Wildman–Crippen MR) is 76.7 cm³/mol. The Morgan fingerprint density at radius 3 is 2.53 bits per heavy atom. The first kappa shape index (κ1) is 12.2. The van der Waals surface area contributed by atoms with Crippen LogP contribution in [0.25, 0.3) is 0 Å². The number of para-hydroxylation sites is 1. The van der Waals surface area contributed by atoms with E-state index in [9.17, 15) is 4.39 Å². The predicted octanol–water partition coefficient (Wildman–Crippen LogP) is 4.56. The molecule has 0 heterocycles. The lowest BCUT2D eigenvalue weighted by Gasteiger charge is -2.29. The molecule has 19 heavy (non-hydrogen) atoms. The van der Waals surface area contributed by atoms with E-state index in [0.29, 0.717) is 5.69 Å². The van der Waals surface area contributed by atoms with E-state index >= 15 is 0 Å². The summed E-state index contributed by atoms with van der Waals surface area (Å²) in [4.78, 5) is 0. The van der Waals surface area contributed by atoms with E-state index in [2.05, 4.69) is 43.4 Å². The Balaban J connectivity index is 1.98. The van der Waals surface area contributed by atoms with E-state index in [1.165, 1.54) is 17.2 Å². The second kappa shape index (κ2) is 4.37. The molecule has 1 aliphatic carbocycles. The van der Waals surface area contributed by atoms with Gasteiger partial charge in [-0.2, -0.15) is 0 Å². The number of anilines is 1. The zero-order valence-corrected chi connectivity index (χ0v) is 11.3. The third kappa shape index (κ3) is 2.12. The number of fused-ring (bicyclic) bond motifs is 1. The molecule has 0 saturated heterocycles. The van der Waals surface area contributed by atoms with Crippen LogP contribution in [0.5, 0.6) is 0 Å². The molecule has 1 aliphatic rings. The highest BCUT2D eigenvalue weighted by atomic mass is 19.1. The largest absolute Gasteiger partial charge is 0.375 e. The molecule has 0 amide bonds. The van der Waals surface area contributed by atoms with Crippen molar-refractivity contribution in [1.29, 1.82) is 0 Å². The third-order valence-corrected chi connectivity index (χ3v) is 3.97. The summed E-state index contributed by atoms with van der Waals surface area (Å²) < 4.78 is 13.8. The average molecular weight is 255 g/mol. The van der Waals surface area contributed by atoms with E-state index in [1.54, 1.807) is 12.1 Å². The molecule has 0 bridgehead atoms. The van der Waals surface area contributed by atoms with E-state index in [1.807, 2.05) is 6.07 Å². The van der Waals surface area contributed by atoms with Gasteiger partial charge in [0, 0.05) is 0 Å². The second-order valence-electron chi connectivity index (χ2n) is 5.92. The van der Waals surface area contributed by atoms with Gasteiger partial charge in [0.1, 0.15) is 5.82 Å². The van der Waals surface area contributed by atoms with Crippen molar-refractivity contribution in [2.75, 3.05) is 5.32 Å². The van der Waals surface area contributed by atoms with Crippen LogP contribution >= 0.6 is 0 Å². The van der Waals surface area contributed by atoms with Crippen molar-refractivity contribution in [2.24, 2.45) is 5.41 Å². The first-order valence-electron chi connectivity index (χ1n) is 6.67. The Kier molecular flexibility index (Phi) is 2.81. The van der Waals surface area contributed by atoms with Crippen LogP contribution in [0.4, 0.5) is 10.1 Å². The molecule has 0 fully saturated rings. The topological polar surface area (TPSA) is 12.0 Å². The molecule has 0 aromatic heterocycles. The Morgan fingerprint density at radius 2 is 1.74 bits per heavy atom. The molecular formula is C17H18FN. The van der Waals surface area contributed by atoms with Gasteiger partial charge >= 0.3 is 0 Å². The fourth-order valence-electron chi connectivity index (χ4n) is 3.00. The Morgan fingerprint density at radius 1 is 1.05 bits per heavy atom. The minimum Gasteiger partial charge on any atom is -0.375 e. The van der Waals surface area contributed by atoms with Crippen LogP contribution in [0.2, 0.25) is 0 Å². The first-order chi connectivity index (χ1) is 9.08. The van der Waals surface area contributed by atoms with Gasteiger partial charge in [-0.3, -0.25) is 0 Å². The molecule has 0 saturated carbocycles. The summed E-state index contributed by atoms with van der Waals surface area (Å²) in [7, 11) is 0. The number of benzene rings is 2. The number of halogens is 1. The summed E-state index contributed by atoms with van der Waals surface area (Å²) in [6.45, 7) is 4.46. The van der Waals surface area contributed by atoms with Gasteiger partial charge in [0.25, 0.3) is 0 Å². The number of rotatable bonds is 2. The van der Waals surface area contributed by atoms with Crippen molar-refractivity contribution in [3.8, 4) is 0 Å². The van der Waals surface area contributed by atoms with Crippen molar-refractivity contribution >= 4 is 5.69 Å². The van der Waals surface area contributed by atoms with Crippen LogP contribution in [0, 0.1) is 11.2 Å². The van der Waals surface area contributed by atoms with Crippen molar-refractivity contribution in [3.05, 3.63) is 65.5 Å². The molecule has 1 nitrogen and oxygen atoms in total. The van der Waals surface area contributed by atoms with Gasteiger partial charge in [0.05, 0.1) is 11.7 Å². The molecule has 0 radical (unpaired) electrons. The summed E-state index contributed by atoms with van der Waals surface area (Å²) in [6.07, 6.45) is 1.02. The van der Waals surface area contributed by atoms with Crippen LogP contribution in [0.3, 0.4) is 0 Å². The van der Waals surface area contributed by atoms with Gasteiger partial charge in [-0.25, -0.2) is 4.39 Å². The van der Waals surface area contributed by atoms with Crippen LogP contribution in [0.1, 0.15) is 31.0 Å². The smallest absolute Gasteiger partial charge is 0.146 e. The van der Waals surface area contributed by atoms with E-state index in [4.69, 9.17) is 0 Å². The SMILES string of the molecule is CC1(C)Cc2ccccc2C1Nc1ccccc1F. The highest BCUT2D eigenvalue weighted by molar-refractivity contribution is 5.50. The van der Waals surface area contributed by atoms with Crippen molar-refractivity contribution in [3.63, 3.8) is 0 Å². The van der Waals surface area contributed by atoms with Crippen LogP contribution in [0.15, 0.2) is 48.5 Å².